The van der Waals surface area contributed by atoms with Gasteiger partial charge in [-0.2, -0.15) is 0 Å². The van der Waals surface area contributed by atoms with Crippen molar-refractivity contribution >= 4 is 12.4 Å². The fourth-order valence-electron chi connectivity index (χ4n) is 1.52. The first-order valence-corrected chi connectivity index (χ1v) is 6.32. The summed E-state index contributed by atoms with van der Waals surface area (Å²) in [5.41, 5.74) is 0.166. The summed E-state index contributed by atoms with van der Waals surface area (Å²) in [6, 6.07) is 3.58. The fourth-order valence-corrected chi connectivity index (χ4v) is 1.52. The molecule has 0 fully saturated rings. The number of ether oxygens (including phenoxy) is 1. The maximum Gasteiger partial charge on any atom is 0.407 e. The first kappa shape index (κ1) is 15.1. The summed E-state index contributed by atoms with van der Waals surface area (Å²) >= 11 is 0. The van der Waals surface area contributed by atoms with Crippen LogP contribution in [0.1, 0.15) is 37.6 Å². The summed E-state index contributed by atoms with van der Waals surface area (Å²) in [4.78, 5) is 22.0. The maximum atomic E-state index is 11.4. The van der Waals surface area contributed by atoms with E-state index in [1.807, 2.05) is 37.6 Å². The van der Waals surface area contributed by atoms with E-state index >= 15 is 0 Å². The molecule has 1 heterocycles. The van der Waals surface area contributed by atoms with Crippen LogP contribution in [-0.4, -0.2) is 24.5 Å². The van der Waals surface area contributed by atoms with E-state index in [0.29, 0.717) is 12.1 Å². The number of carbonyl (C=O) groups excluding carboxylic acids is 2. The highest BCUT2D eigenvalue weighted by Crippen LogP contribution is 2.06. The Kier molecular flexibility index (Phi) is 5.48. The zero-order valence-electron chi connectivity index (χ0n) is 11.7. The molecule has 0 unspecified atom stereocenters. The largest absolute Gasteiger partial charge is 0.444 e. The van der Waals surface area contributed by atoms with Crippen LogP contribution >= 0.6 is 0 Å². The van der Waals surface area contributed by atoms with E-state index in [9.17, 15) is 9.59 Å². The van der Waals surface area contributed by atoms with Gasteiger partial charge in [-0.15, -0.1) is 0 Å². The number of pyridine rings is 1. The second kappa shape index (κ2) is 6.87. The Balaban J connectivity index is 2.27. The average molecular weight is 265 g/mol. The molecule has 0 aliphatic heterocycles. The molecular weight excluding hydrogens is 244 g/mol. The van der Waals surface area contributed by atoms with Crippen molar-refractivity contribution < 1.29 is 18.9 Å². The normalized spacial score (nSPS) is 10.9. The summed E-state index contributed by atoms with van der Waals surface area (Å²) in [6.45, 7) is 6.75. The minimum Gasteiger partial charge on any atom is -0.444 e. The number of alkyl carbamates (subject to hydrolysis) is 1. The molecule has 0 saturated carbocycles. The number of carbonyl (C=O) groups is 2. The number of hydrogen-bond donors (Lipinski definition) is 1. The van der Waals surface area contributed by atoms with Crippen molar-refractivity contribution in [3.05, 3.63) is 30.1 Å². The van der Waals surface area contributed by atoms with Gasteiger partial charge in [-0.1, -0.05) is 0 Å². The number of nitrogens with one attached hydrogen (secondary N) is 1. The molecule has 0 saturated heterocycles. The number of amides is 1. The van der Waals surface area contributed by atoms with Crippen LogP contribution in [0.4, 0.5) is 4.79 Å². The van der Waals surface area contributed by atoms with E-state index in [-0.39, 0.29) is 0 Å². The zero-order chi connectivity index (χ0) is 14.3. The smallest absolute Gasteiger partial charge is 0.407 e. The number of aromatic nitrogens is 1. The van der Waals surface area contributed by atoms with Gasteiger partial charge < -0.3 is 10.1 Å². The van der Waals surface area contributed by atoms with E-state index in [0.717, 1.165) is 19.3 Å². The van der Waals surface area contributed by atoms with Gasteiger partial charge in [-0.25, -0.2) is 9.36 Å². The molecule has 104 valence electrons. The molecule has 19 heavy (non-hydrogen) atoms. The quantitative estimate of drug-likeness (QED) is 0.501. The zero-order valence-corrected chi connectivity index (χ0v) is 11.7. The van der Waals surface area contributed by atoms with Crippen LogP contribution in [0, 0.1) is 0 Å². The molecule has 0 aromatic carbocycles. The van der Waals surface area contributed by atoms with E-state index < -0.39 is 11.7 Å². The highest BCUT2D eigenvalue weighted by atomic mass is 16.6. The standard InChI is InChI=1S/C14H20N2O3/c1-14(2,3)19-13(18)15-7-5-9-16-8-4-6-12(10-16)11-17/h4,6,8,10-11H,5,7,9H2,1-3H3/p+1. The van der Waals surface area contributed by atoms with Gasteiger partial charge in [-0.3, -0.25) is 4.79 Å². The van der Waals surface area contributed by atoms with Crippen LogP contribution < -0.4 is 9.88 Å². The van der Waals surface area contributed by atoms with Crippen molar-refractivity contribution in [1.82, 2.24) is 5.32 Å². The molecule has 0 aliphatic rings. The number of aryl methyl sites for hydroxylation is 1. The number of rotatable bonds is 5. The predicted molar refractivity (Wildman–Crippen MR) is 70.9 cm³/mol. The molecule has 1 N–H and O–H groups in total. The number of aldehydes is 1. The van der Waals surface area contributed by atoms with Crippen molar-refractivity contribution in [2.24, 2.45) is 0 Å². The minimum atomic E-state index is -0.475. The Morgan fingerprint density at radius 3 is 2.84 bits per heavy atom. The summed E-state index contributed by atoms with van der Waals surface area (Å²) in [5.74, 6) is 0. The van der Waals surface area contributed by atoms with Crippen LogP contribution in [0.25, 0.3) is 0 Å². The van der Waals surface area contributed by atoms with E-state index in [4.69, 9.17) is 4.74 Å². The number of hydrogen-bond acceptors (Lipinski definition) is 3. The topological polar surface area (TPSA) is 59.3 Å². The van der Waals surface area contributed by atoms with Crippen molar-refractivity contribution in [1.29, 1.82) is 0 Å². The lowest BCUT2D eigenvalue weighted by Gasteiger charge is -2.19. The molecule has 5 heteroatoms. The van der Waals surface area contributed by atoms with Crippen LogP contribution in [0.2, 0.25) is 0 Å². The molecule has 1 aromatic heterocycles. The summed E-state index contributed by atoms with van der Waals surface area (Å²) in [7, 11) is 0. The molecule has 1 aromatic rings. The van der Waals surface area contributed by atoms with Gasteiger partial charge in [-0.05, 0) is 26.8 Å². The van der Waals surface area contributed by atoms with E-state index in [1.165, 1.54) is 0 Å². The first-order valence-electron chi connectivity index (χ1n) is 6.32. The predicted octanol–water partition coefficient (Wildman–Crippen LogP) is 1.70. The van der Waals surface area contributed by atoms with Crippen molar-refractivity contribution in [3.8, 4) is 0 Å². The fraction of sp³-hybridized carbons (Fsp3) is 0.500. The SMILES string of the molecule is CC(C)(C)OC(=O)NCCC[n+]1cccc(C=O)c1. The Labute approximate surface area is 113 Å². The van der Waals surface area contributed by atoms with Gasteiger partial charge in [0.05, 0.1) is 5.56 Å². The highest BCUT2D eigenvalue weighted by Gasteiger charge is 2.15. The molecule has 0 aliphatic carbocycles. The maximum absolute atomic E-state index is 11.4. The highest BCUT2D eigenvalue weighted by molar-refractivity contribution is 5.73. The Hall–Kier alpha value is -1.91. The number of nitrogens with zero attached hydrogens (tertiary/aromatic N) is 1. The van der Waals surface area contributed by atoms with Crippen molar-refractivity contribution in [2.45, 2.75) is 39.3 Å². The van der Waals surface area contributed by atoms with Crippen molar-refractivity contribution in [2.75, 3.05) is 6.54 Å². The molecule has 1 rings (SSSR count). The van der Waals surface area contributed by atoms with Gasteiger partial charge in [0, 0.05) is 19.0 Å². The van der Waals surface area contributed by atoms with E-state index in [1.54, 1.807) is 12.3 Å². The molecule has 0 spiro atoms. The second-order valence-electron chi connectivity index (χ2n) is 5.28. The molecule has 0 bridgehead atoms. The summed E-state index contributed by atoms with van der Waals surface area (Å²) < 4.78 is 7.04. The second-order valence-corrected chi connectivity index (χ2v) is 5.28. The summed E-state index contributed by atoms with van der Waals surface area (Å²) in [5, 5.41) is 2.69. The van der Waals surface area contributed by atoms with E-state index in [2.05, 4.69) is 5.32 Å². The Morgan fingerprint density at radius 2 is 2.21 bits per heavy atom. The lowest BCUT2D eigenvalue weighted by molar-refractivity contribution is -0.697. The van der Waals surface area contributed by atoms with Crippen LogP contribution in [-0.2, 0) is 11.3 Å². The molecule has 1 amide bonds. The first-order chi connectivity index (χ1) is 8.90. The minimum absolute atomic E-state index is 0.404. The van der Waals surface area contributed by atoms with Crippen LogP contribution in [0.5, 0.6) is 0 Å². The van der Waals surface area contributed by atoms with Gasteiger partial charge in [0.1, 0.15) is 12.1 Å². The lowest BCUT2D eigenvalue weighted by Crippen LogP contribution is -2.37. The summed E-state index contributed by atoms with van der Waals surface area (Å²) in [6.07, 6.45) is 4.85. The van der Waals surface area contributed by atoms with Crippen LogP contribution in [0.3, 0.4) is 0 Å². The molecule has 5 nitrogen and oxygen atoms in total. The Bertz CT molecular complexity index is 439. The third-order valence-electron chi connectivity index (χ3n) is 2.28. The van der Waals surface area contributed by atoms with Crippen LogP contribution in [0.15, 0.2) is 24.5 Å². The van der Waals surface area contributed by atoms with Crippen molar-refractivity contribution in [3.63, 3.8) is 0 Å². The third-order valence-corrected chi connectivity index (χ3v) is 2.28. The van der Waals surface area contributed by atoms with Gasteiger partial charge >= 0.3 is 6.09 Å². The van der Waals surface area contributed by atoms with Gasteiger partial charge in [0.25, 0.3) is 0 Å². The Morgan fingerprint density at radius 1 is 1.47 bits per heavy atom. The van der Waals surface area contributed by atoms with Gasteiger partial charge in [0.2, 0.25) is 0 Å². The lowest BCUT2D eigenvalue weighted by atomic mass is 10.2. The molecule has 0 atom stereocenters. The average Bonchev–Trinajstić information content (AvgIpc) is 2.33. The monoisotopic (exact) mass is 265 g/mol. The molecular formula is C14H21N2O3+. The third kappa shape index (κ3) is 6.55. The molecule has 0 radical (unpaired) electrons. The van der Waals surface area contributed by atoms with Gasteiger partial charge in [0.15, 0.2) is 18.7 Å².